The van der Waals surface area contributed by atoms with Gasteiger partial charge in [-0.3, -0.25) is 0 Å². The molecule has 2 atom stereocenters. The van der Waals surface area contributed by atoms with Crippen molar-refractivity contribution in [1.82, 2.24) is 0 Å². The molecule has 0 aromatic heterocycles. The number of hydrogen-bond acceptors (Lipinski definition) is 0. The van der Waals surface area contributed by atoms with E-state index in [-0.39, 0.29) is 13.3 Å². The van der Waals surface area contributed by atoms with Crippen LogP contribution in [0.4, 0.5) is 0 Å². The molecule has 0 aliphatic carbocycles. The zero-order chi connectivity index (χ0) is 5.70. The van der Waals surface area contributed by atoms with Crippen molar-refractivity contribution in [3.63, 3.8) is 0 Å². The van der Waals surface area contributed by atoms with Crippen molar-refractivity contribution >= 4 is 8.58 Å². The fraction of sp³-hybridized carbons (Fsp3) is 1.00. The number of hydrogen-bond donors (Lipinski definition) is 0. The Hall–Kier alpha value is 0.430. The minimum Gasteiger partial charge on any atom is -0.125 e. The SMILES string of the molecule is [2H]C[C@H]([2H])CPC. The molecule has 0 N–H and O–H groups in total. The summed E-state index contributed by atoms with van der Waals surface area (Å²) in [4.78, 5) is 0. The van der Waals surface area contributed by atoms with Crippen molar-refractivity contribution in [2.24, 2.45) is 0 Å². The molecule has 0 rings (SSSR count). The highest BCUT2D eigenvalue weighted by Crippen LogP contribution is 2.01. The standard InChI is InChI=1S/C4H11P/c1-3-4-5-2/h5H,3-4H2,1-2H3/i1D,3D/t3-/m0/s1. The second-order valence-corrected chi connectivity index (χ2v) is 1.96. The minimum atomic E-state index is -0.122. The lowest BCUT2D eigenvalue weighted by Crippen LogP contribution is -1.61. The lowest BCUT2D eigenvalue weighted by molar-refractivity contribution is 1.10. The largest absolute Gasteiger partial charge is 0.125 e. The Morgan fingerprint density at radius 3 is 3.20 bits per heavy atom. The van der Waals surface area contributed by atoms with Gasteiger partial charge < -0.3 is 0 Å². The summed E-state index contributed by atoms with van der Waals surface area (Å²) in [7, 11) is 0.837. The maximum atomic E-state index is 7.04. The van der Waals surface area contributed by atoms with E-state index in [1.54, 1.807) is 0 Å². The molecular weight excluding hydrogens is 79.0 g/mol. The van der Waals surface area contributed by atoms with Crippen LogP contribution in [-0.4, -0.2) is 12.8 Å². The molecule has 32 valence electrons. The van der Waals surface area contributed by atoms with Crippen LogP contribution in [0.1, 0.15) is 16.0 Å². The monoisotopic (exact) mass is 92.1 g/mol. The van der Waals surface area contributed by atoms with Gasteiger partial charge in [0.15, 0.2) is 0 Å². The molecule has 0 amide bonds. The van der Waals surface area contributed by atoms with E-state index in [1.165, 1.54) is 0 Å². The Morgan fingerprint density at radius 2 is 3.00 bits per heavy atom. The average Bonchev–Trinajstić information content (AvgIpc) is 1.68. The Kier molecular flexibility index (Phi) is 2.28. The quantitative estimate of drug-likeness (QED) is 0.455. The van der Waals surface area contributed by atoms with Crippen LogP contribution in [0.2, 0.25) is 0 Å². The van der Waals surface area contributed by atoms with Crippen molar-refractivity contribution in [2.75, 3.05) is 12.8 Å². The van der Waals surface area contributed by atoms with Crippen LogP contribution in [0.3, 0.4) is 0 Å². The number of rotatable bonds is 2. The highest BCUT2D eigenvalue weighted by Gasteiger charge is 1.67. The molecule has 5 heavy (non-hydrogen) atoms. The maximum Gasteiger partial charge on any atom is 0.0267 e. The molecule has 0 saturated heterocycles. The minimum absolute atomic E-state index is 0.122. The summed E-state index contributed by atoms with van der Waals surface area (Å²) in [6, 6.07) is 0. The molecule has 0 aliphatic rings. The van der Waals surface area contributed by atoms with Crippen LogP contribution in [0.15, 0.2) is 0 Å². The third kappa shape index (κ3) is 4.43. The van der Waals surface area contributed by atoms with Crippen molar-refractivity contribution in [3.05, 3.63) is 0 Å². The van der Waals surface area contributed by atoms with Crippen LogP contribution in [0.5, 0.6) is 0 Å². The molecule has 0 saturated carbocycles. The van der Waals surface area contributed by atoms with Gasteiger partial charge in [0.2, 0.25) is 0 Å². The van der Waals surface area contributed by atoms with Crippen molar-refractivity contribution < 1.29 is 2.74 Å². The predicted octanol–water partition coefficient (Wildman–Crippen LogP) is 1.70. The predicted molar refractivity (Wildman–Crippen MR) is 29.4 cm³/mol. The highest BCUT2D eigenvalue weighted by atomic mass is 31.1. The summed E-state index contributed by atoms with van der Waals surface area (Å²) >= 11 is 0. The van der Waals surface area contributed by atoms with Gasteiger partial charge in [0, 0.05) is 2.74 Å². The highest BCUT2D eigenvalue weighted by molar-refractivity contribution is 7.36. The van der Waals surface area contributed by atoms with Gasteiger partial charge in [-0.15, -0.1) is 8.58 Å². The van der Waals surface area contributed by atoms with Gasteiger partial charge in [-0.05, 0) is 12.8 Å². The van der Waals surface area contributed by atoms with Gasteiger partial charge in [0.1, 0.15) is 0 Å². The lowest BCUT2D eigenvalue weighted by atomic mass is 10.6. The third-order valence-electron chi connectivity index (χ3n) is 0.348. The van der Waals surface area contributed by atoms with E-state index in [2.05, 4.69) is 6.66 Å². The molecule has 0 aliphatic heterocycles. The Bertz CT molecular complexity index is 40.7. The lowest BCUT2D eigenvalue weighted by Gasteiger charge is -1.80. The van der Waals surface area contributed by atoms with Gasteiger partial charge >= 0.3 is 0 Å². The van der Waals surface area contributed by atoms with Crippen molar-refractivity contribution in [3.8, 4) is 0 Å². The molecule has 0 bridgehead atoms. The molecular formula is C4H11P. The molecule has 0 aromatic rings. The molecule has 0 aromatic carbocycles. The fourth-order valence-electron chi connectivity index (χ4n) is 0.144. The Labute approximate surface area is 38.6 Å². The normalized spacial score (nSPS) is 22.6. The van der Waals surface area contributed by atoms with Gasteiger partial charge in [0.05, 0.1) is 0 Å². The summed E-state index contributed by atoms with van der Waals surface area (Å²) in [5, 5.41) is 0. The summed E-state index contributed by atoms with van der Waals surface area (Å²) < 4.78 is 13.8. The van der Waals surface area contributed by atoms with Crippen molar-refractivity contribution in [1.29, 1.82) is 0 Å². The van der Waals surface area contributed by atoms with E-state index in [9.17, 15) is 0 Å². The van der Waals surface area contributed by atoms with E-state index < -0.39 is 0 Å². The summed E-state index contributed by atoms with van der Waals surface area (Å²) in [6.45, 7) is 2.33. The Morgan fingerprint density at radius 1 is 2.20 bits per heavy atom. The Balaban J connectivity index is 2.83. The summed E-state index contributed by atoms with van der Waals surface area (Å²) in [5.74, 6) is 0. The first-order chi connectivity index (χ1) is 3.31. The van der Waals surface area contributed by atoms with E-state index in [0.29, 0.717) is 0 Å². The van der Waals surface area contributed by atoms with Gasteiger partial charge in [-0.2, -0.15) is 0 Å². The van der Waals surface area contributed by atoms with Crippen LogP contribution in [0, 0.1) is 0 Å². The van der Waals surface area contributed by atoms with Crippen LogP contribution < -0.4 is 0 Å². The molecule has 1 heteroatoms. The first-order valence-corrected chi connectivity index (χ1v) is 3.38. The maximum absolute atomic E-state index is 7.04. The van der Waals surface area contributed by atoms with E-state index in [4.69, 9.17) is 2.74 Å². The third-order valence-corrected chi connectivity index (χ3v) is 1.05. The van der Waals surface area contributed by atoms with Gasteiger partial charge in [-0.25, -0.2) is 0 Å². The topological polar surface area (TPSA) is 0 Å². The molecule has 0 nitrogen and oxygen atoms in total. The molecule has 0 fully saturated rings. The van der Waals surface area contributed by atoms with E-state index >= 15 is 0 Å². The van der Waals surface area contributed by atoms with E-state index in [1.807, 2.05) is 0 Å². The first-order valence-electron chi connectivity index (χ1n) is 2.95. The smallest absolute Gasteiger partial charge is 0.0267 e. The zero-order valence-electron chi connectivity index (χ0n) is 5.49. The zero-order valence-corrected chi connectivity index (χ0v) is 4.49. The summed E-state index contributed by atoms with van der Waals surface area (Å²) in [5.41, 5.74) is 0. The van der Waals surface area contributed by atoms with Crippen LogP contribution >= 0.6 is 8.58 Å². The van der Waals surface area contributed by atoms with Gasteiger partial charge in [-0.1, -0.05) is 13.3 Å². The summed E-state index contributed by atoms with van der Waals surface area (Å²) in [6.07, 6.45) is 0.784. The van der Waals surface area contributed by atoms with Crippen molar-refractivity contribution in [2.45, 2.75) is 13.3 Å². The molecule has 0 spiro atoms. The molecule has 0 heterocycles. The molecule has 1 unspecified atom stereocenters. The van der Waals surface area contributed by atoms with Crippen LogP contribution in [-0.2, 0) is 0 Å². The average molecular weight is 92.1 g/mol. The van der Waals surface area contributed by atoms with E-state index in [0.717, 1.165) is 14.7 Å². The fourth-order valence-corrected chi connectivity index (χ4v) is 0.433. The van der Waals surface area contributed by atoms with Crippen LogP contribution in [0.25, 0.3) is 0 Å². The second kappa shape index (κ2) is 4.43. The molecule has 0 radical (unpaired) electrons. The van der Waals surface area contributed by atoms with Gasteiger partial charge in [0.25, 0.3) is 0 Å². The second-order valence-electron chi connectivity index (χ2n) is 0.846. The first kappa shape index (κ1) is 2.58.